The van der Waals surface area contributed by atoms with Crippen LogP contribution >= 0.6 is 0 Å². The second-order valence-electron chi connectivity index (χ2n) is 9.06. The summed E-state index contributed by atoms with van der Waals surface area (Å²) >= 11 is 0. The molecule has 3 aromatic carbocycles. The van der Waals surface area contributed by atoms with E-state index in [0.717, 1.165) is 15.4 Å². The zero-order valence-corrected chi connectivity index (χ0v) is 23.3. The summed E-state index contributed by atoms with van der Waals surface area (Å²) in [4.78, 5) is 28.2. The summed E-state index contributed by atoms with van der Waals surface area (Å²) in [7, 11) is -2.54. The molecule has 3 aromatic rings. The number of benzene rings is 3. The van der Waals surface area contributed by atoms with Gasteiger partial charge in [-0.15, -0.1) is 0 Å². The Balaban J connectivity index is 2.06. The molecule has 0 saturated heterocycles. The lowest BCUT2D eigenvalue weighted by Crippen LogP contribution is -2.51. The van der Waals surface area contributed by atoms with Gasteiger partial charge < -0.3 is 15.0 Å². The number of carbonyl (C=O) groups is 2. The van der Waals surface area contributed by atoms with Crippen LogP contribution in [0.4, 0.5) is 5.69 Å². The van der Waals surface area contributed by atoms with E-state index in [9.17, 15) is 18.0 Å². The number of carbonyl (C=O) groups excluding carboxylic acids is 2. The summed E-state index contributed by atoms with van der Waals surface area (Å²) in [6, 6.07) is 19.8. The van der Waals surface area contributed by atoms with E-state index in [1.807, 2.05) is 32.0 Å². The van der Waals surface area contributed by atoms with E-state index >= 15 is 0 Å². The first-order chi connectivity index (χ1) is 18.1. The van der Waals surface area contributed by atoms with Gasteiger partial charge in [-0.2, -0.15) is 0 Å². The molecule has 2 amide bonds. The van der Waals surface area contributed by atoms with Crippen LogP contribution in [0.25, 0.3) is 0 Å². The standard InChI is InChI=1S/C29H35N3O5S/c1-6-30-29(34)23(4)31(19-24-11-10-12-25(18-24)37-5)28(33)20-32(27-16-15-21(2)17-22(27)3)38(35,36)26-13-8-7-9-14-26/h7-18,23H,6,19-20H2,1-5H3,(H,30,34). The number of likely N-dealkylation sites (N-methyl/N-ethyl adjacent to an activating group) is 1. The highest BCUT2D eigenvalue weighted by atomic mass is 32.2. The monoisotopic (exact) mass is 537 g/mol. The molecule has 0 fully saturated rings. The molecule has 1 atom stereocenters. The molecule has 8 nitrogen and oxygen atoms in total. The molecule has 0 aliphatic rings. The molecule has 0 bridgehead atoms. The third-order valence-electron chi connectivity index (χ3n) is 6.24. The van der Waals surface area contributed by atoms with Gasteiger partial charge in [0, 0.05) is 13.1 Å². The van der Waals surface area contributed by atoms with E-state index in [-0.39, 0.29) is 17.3 Å². The number of ether oxygens (including phenoxy) is 1. The Morgan fingerprint density at radius 2 is 1.68 bits per heavy atom. The maximum Gasteiger partial charge on any atom is 0.264 e. The zero-order chi connectivity index (χ0) is 27.9. The molecule has 0 aliphatic carbocycles. The van der Waals surface area contributed by atoms with Crippen LogP contribution in [-0.2, 0) is 26.2 Å². The van der Waals surface area contributed by atoms with E-state index in [1.165, 1.54) is 17.0 Å². The summed E-state index contributed by atoms with van der Waals surface area (Å²) in [5.74, 6) is -0.220. The molecule has 0 saturated carbocycles. The Morgan fingerprint density at radius 1 is 0.974 bits per heavy atom. The largest absolute Gasteiger partial charge is 0.497 e. The fourth-order valence-corrected chi connectivity index (χ4v) is 5.69. The molecular weight excluding hydrogens is 502 g/mol. The fraction of sp³-hybridized carbons (Fsp3) is 0.310. The lowest BCUT2D eigenvalue weighted by molar-refractivity contribution is -0.139. The van der Waals surface area contributed by atoms with Gasteiger partial charge in [0.15, 0.2) is 0 Å². The third kappa shape index (κ3) is 6.72. The van der Waals surface area contributed by atoms with Crippen LogP contribution in [0.2, 0.25) is 0 Å². The minimum atomic E-state index is -4.09. The first-order valence-electron chi connectivity index (χ1n) is 12.4. The second kappa shape index (κ2) is 12.6. The van der Waals surface area contributed by atoms with Crippen LogP contribution in [0.1, 0.15) is 30.5 Å². The van der Waals surface area contributed by atoms with E-state index in [4.69, 9.17) is 4.74 Å². The maximum atomic E-state index is 13.9. The SMILES string of the molecule is CCNC(=O)C(C)N(Cc1cccc(OC)c1)C(=O)CN(c1ccc(C)cc1C)S(=O)(=O)c1ccccc1. The molecule has 0 radical (unpaired) electrons. The van der Waals surface area contributed by atoms with Crippen molar-refractivity contribution < 1.29 is 22.7 Å². The predicted octanol–water partition coefficient (Wildman–Crippen LogP) is 4.06. The Kier molecular flexibility index (Phi) is 9.52. The number of sulfonamides is 1. The van der Waals surface area contributed by atoms with Crippen LogP contribution in [0.15, 0.2) is 77.7 Å². The van der Waals surface area contributed by atoms with Crippen molar-refractivity contribution in [2.75, 3.05) is 24.5 Å². The van der Waals surface area contributed by atoms with E-state index in [0.29, 0.717) is 23.5 Å². The molecule has 1 N–H and O–H groups in total. The number of nitrogens with zero attached hydrogens (tertiary/aromatic N) is 2. The van der Waals surface area contributed by atoms with Crippen LogP contribution < -0.4 is 14.4 Å². The average Bonchev–Trinajstić information content (AvgIpc) is 2.91. The van der Waals surface area contributed by atoms with Crippen molar-refractivity contribution in [2.45, 2.75) is 45.2 Å². The number of hydrogen-bond donors (Lipinski definition) is 1. The van der Waals surface area contributed by atoms with Gasteiger partial charge in [-0.1, -0.05) is 48.0 Å². The van der Waals surface area contributed by atoms with E-state index in [1.54, 1.807) is 63.4 Å². The van der Waals surface area contributed by atoms with Crippen molar-refractivity contribution in [1.29, 1.82) is 0 Å². The van der Waals surface area contributed by atoms with Crippen molar-refractivity contribution >= 4 is 27.5 Å². The molecule has 0 aromatic heterocycles. The molecular formula is C29H35N3O5S. The first-order valence-corrected chi connectivity index (χ1v) is 13.9. The average molecular weight is 538 g/mol. The lowest BCUT2D eigenvalue weighted by Gasteiger charge is -2.32. The van der Waals surface area contributed by atoms with Gasteiger partial charge in [-0.25, -0.2) is 8.42 Å². The number of methoxy groups -OCH3 is 1. The number of hydrogen-bond acceptors (Lipinski definition) is 5. The van der Waals surface area contributed by atoms with Gasteiger partial charge in [0.1, 0.15) is 18.3 Å². The van der Waals surface area contributed by atoms with Crippen molar-refractivity contribution in [1.82, 2.24) is 10.2 Å². The number of rotatable bonds is 11. The van der Waals surface area contributed by atoms with E-state index in [2.05, 4.69) is 5.32 Å². The molecule has 9 heteroatoms. The number of anilines is 1. The summed E-state index contributed by atoms with van der Waals surface area (Å²) in [5.41, 5.74) is 2.84. The predicted molar refractivity (Wildman–Crippen MR) is 149 cm³/mol. The Bertz CT molecular complexity index is 1380. The normalized spacial score (nSPS) is 11.9. The van der Waals surface area contributed by atoms with Crippen molar-refractivity contribution in [3.63, 3.8) is 0 Å². The second-order valence-corrected chi connectivity index (χ2v) is 10.9. The van der Waals surface area contributed by atoms with Gasteiger partial charge in [-0.3, -0.25) is 13.9 Å². The Morgan fingerprint density at radius 3 is 2.32 bits per heavy atom. The summed E-state index contributed by atoms with van der Waals surface area (Å²) in [6.45, 7) is 7.19. The highest BCUT2D eigenvalue weighted by Crippen LogP contribution is 2.28. The highest BCUT2D eigenvalue weighted by Gasteiger charge is 2.33. The zero-order valence-electron chi connectivity index (χ0n) is 22.5. The van der Waals surface area contributed by atoms with Gasteiger partial charge >= 0.3 is 0 Å². The number of amides is 2. The van der Waals surface area contributed by atoms with Gasteiger partial charge in [-0.05, 0) is 69.2 Å². The molecule has 38 heavy (non-hydrogen) atoms. The van der Waals surface area contributed by atoms with Crippen LogP contribution in [0, 0.1) is 13.8 Å². The van der Waals surface area contributed by atoms with Gasteiger partial charge in [0.2, 0.25) is 11.8 Å². The quantitative estimate of drug-likeness (QED) is 0.398. The number of aryl methyl sites for hydroxylation is 2. The fourth-order valence-electron chi connectivity index (χ4n) is 4.19. The van der Waals surface area contributed by atoms with Crippen LogP contribution in [0.5, 0.6) is 5.75 Å². The topological polar surface area (TPSA) is 96.0 Å². The summed E-state index contributed by atoms with van der Waals surface area (Å²) < 4.78 is 34.1. The third-order valence-corrected chi connectivity index (χ3v) is 8.01. The van der Waals surface area contributed by atoms with Crippen LogP contribution in [-0.4, -0.2) is 51.4 Å². The van der Waals surface area contributed by atoms with Crippen molar-refractivity contribution in [3.8, 4) is 5.75 Å². The molecule has 0 aliphatic heterocycles. The summed E-state index contributed by atoms with van der Waals surface area (Å²) in [6.07, 6.45) is 0. The molecule has 0 spiro atoms. The summed E-state index contributed by atoms with van der Waals surface area (Å²) in [5, 5.41) is 2.76. The maximum absolute atomic E-state index is 13.9. The molecule has 0 heterocycles. The minimum Gasteiger partial charge on any atom is -0.497 e. The van der Waals surface area contributed by atoms with E-state index < -0.39 is 28.5 Å². The highest BCUT2D eigenvalue weighted by molar-refractivity contribution is 7.92. The van der Waals surface area contributed by atoms with Crippen molar-refractivity contribution in [3.05, 3.63) is 89.5 Å². The Hall–Kier alpha value is -3.85. The van der Waals surface area contributed by atoms with Crippen LogP contribution in [0.3, 0.4) is 0 Å². The van der Waals surface area contributed by atoms with Crippen molar-refractivity contribution in [2.24, 2.45) is 0 Å². The number of nitrogens with one attached hydrogen (secondary N) is 1. The lowest BCUT2D eigenvalue weighted by atomic mass is 10.1. The smallest absolute Gasteiger partial charge is 0.264 e. The molecule has 1 unspecified atom stereocenters. The Labute approximate surface area is 225 Å². The molecule has 202 valence electrons. The first kappa shape index (κ1) is 28.7. The van der Waals surface area contributed by atoms with Gasteiger partial charge in [0.25, 0.3) is 10.0 Å². The van der Waals surface area contributed by atoms with Gasteiger partial charge in [0.05, 0.1) is 17.7 Å². The minimum absolute atomic E-state index is 0.0731. The molecule has 3 rings (SSSR count).